The minimum absolute atomic E-state index is 1.27. The topological polar surface area (TPSA) is 19.7 Å². The minimum Gasteiger partial charge on any atom is -0.344 e. The average molecular weight is 1090 g/mol. The monoisotopic (exact) mass is 1080 g/mol. The van der Waals surface area contributed by atoms with Crippen molar-refractivity contribution in [3.8, 4) is 44.5 Å². The second-order valence-electron chi connectivity index (χ2n) is 22.6. The molecule has 0 fully saturated rings. The Kier molecular flexibility index (Phi) is 14.1. The summed E-state index contributed by atoms with van der Waals surface area (Å²) in [6, 6.07) is 95.7. The predicted molar refractivity (Wildman–Crippen MR) is 362 cm³/mol. The molecule has 0 spiro atoms. The van der Waals surface area contributed by atoms with Gasteiger partial charge in [0.15, 0.2) is 0 Å². The van der Waals surface area contributed by atoms with Crippen molar-refractivity contribution in [3.05, 3.63) is 289 Å². The summed E-state index contributed by atoms with van der Waals surface area (Å²) in [4.78, 5) is 0. The molecule has 84 heavy (non-hydrogen) atoms. The lowest BCUT2D eigenvalue weighted by Gasteiger charge is -2.03. The number of nitrogens with zero attached hydrogens (tertiary/aromatic N) is 4. The smallest absolute Gasteiger partial charge is 0.0518 e. The summed E-state index contributed by atoms with van der Waals surface area (Å²) in [5, 5.41) is 10.7. The van der Waals surface area contributed by atoms with Crippen LogP contribution in [0.5, 0.6) is 0 Å². The lowest BCUT2D eigenvalue weighted by molar-refractivity contribution is 1.01. The van der Waals surface area contributed by atoms with Crippen LogP contribution in [-0.4, -0.2) is 18.3 Å². The fourth-order valence-corrected chi connectivity index (χ4v) is 12.8. The molecule has 0 saturated heterocycles. The molecule has 0 bridgehead atoms. The Hall–Kier alpha value is -10.2. The zero-order valence-corrected chi connectivity index (χ0v) is 49.2. The molecule has 4 heteroatoms. The Balaban J connectivity index is 0.000000104. The summed E-state index contributed by atoms with van der Waals surface area (Å²) in [6.07, 6.45) is 0. The van der Waals surface area contributed by atoms with E-state index in [0.717, 1.165) is 0 Å². The molecule has 0 aliphatic rings. The van der Waals surface area contributed by atoms with E-state index in [0.29, 0.717) is 0 Å². The van der Waals surface area contributed by atoms with Crippen molar-refractivity contribution < 1.29 is 0 Å². The summed E-state index contributed by atoms with van der Waals surface area (Å²) in [7, 11) is 8.58. The normalized spacial score (nSPS) is 11.3. The van der Waals surface area contributed by atoms with Crippen LogP contribution < -0.4 is 0 Å². The van der Waals surface area contributed by atoms with E-state index in [9.17, 15) is 0 Å². The van der Waals surface area contributed by atoms with E-state index in [2.05, 4.69) is 341 Å². The summed E-state index contributed by atoms with van der Waals surface area (Å²) in [6.45, 7) is 8.67. The van der Waals surface area contributed by atoms with Crippen LogP contribution in [0.1, 0.15) is 22.3 Å². The van der Waals surface area contributed by atoms with Gasteiger partial charge >= 0.3 is 0 Å². The van der Waals surface area contributed by atoms with Crippen molar-refractivity contribution in [2.75, 3.05) is 0 Å². The quantitative estimate of drug-likeness (QED) is 0.167. The van der Waals surface area contributed by atoms with E-state index < -0.39 is 0 Å². The Bertz CT molecular complexity index is 5010. The number of rotatable bonds is 4. The van der Waals surface area contributed by atoms with Crippen LogP contribution in [0.15, 0.2) is 267 Å². The molecule has 0 amide bonds. The SMILES string of the molecule is Cc1ccc2c(c1)c1cc(-c3ccccc3)ccc1n2C.Cc1ccc2c3cc(-c4ccccc4)ccc3n(C)c2c1.Cc1cccc2c1c1cc(-c3ccccc3)ccc1n2C.Cc1cccc2c3cc(-c4ccccc4)ccc3n(C)c12. The van der Waals surface area contributed by atoms with E-state index in [4.69, 9.17) is 0 Å². The first-order valence-corrected chi connectivity index (χ1v) is 29.1. The summed E-state index contributed by atoms with van der Waals surface area (Å²) in [5.74, 6) is 0. The zero-order valence-electron chi connectivity index (χ0n) is 49.2. The Labute approximate surface area is 492 Å². The number of fused-ring (bicyclic) bond motifs is 12. The lowest BCUT2D eigenvalue weighted by atomic mass is 10.0. The number of aromatic nitrogens is 4. The van der Waals surface area contributed by atoms with Crippen molar-refractivity contribution in [3.63, 3.8) is 0 Å². The highest BCUT2D eigenvalue weighted by atomic mass is 15.0. The van der Waals surface area contributed by atoms with Gasteiger partial charge in [0.1, 0.15) is 0 Å². The number of hydrogen-bond donors (Lipinski definition) is 0. The third kappa shape index (κ3) is 9.80. The van der Waals surface area contributed by atoms with Gasteiger partial charge in [-0.2, -0.15) is 0 Å². The van der Waals surface area contributed by atoms with E-state index in [1.165, 1.54) is 154 Å². The second kappa shape index (κ2) is 22.3. The fraction of sp³-hybridized carbons (Fsp3) is 0.100. The number of hydrogen-bond acceptors (Lipinski definition) is 0. The standard InChI is InChI=1S/4C20H17N/c1-14-7-6-10-19-20(14)17-13-16(11-12-18(17)21(19)2)15-8-4-3-5-9-15;1-14-7-6-10-17-18-13-16(15-8-4-3-5-9-15)11-12-19(18)21(2)20(14)17;1-14-8-10-19-17(12-14)18-13-16(9-11-20(18)21(19)2)15-6-4-3-5-7-15;1-14-8-10-17-18-13-16(15-6-4-3-5-7-15)9-11-19(18)21(2)20(17)12-14/h4*3-13H,1-2H3. The van der Waals surface area contributed by atoms with Crippen molar-refractivity contribution in [2.45, 2.75) is 27.7 Å². The summed E-state index contributed by atoms with van der Waals surface area (Å²) < 4.78 is 9.15. The van der Waals surface area contributed by atoms with Gasteiger partial charge in [-0.25, -0.2) is 0 Å². The number of benzene rings is 12. The Morgan fingerprint density at radius 3 is 1.07 bits per heavy atom. The first kappa shape index (κ1) is 53.2. The van der Waals surface area contributed by atoms with Crippen LogP contribution >= 0.6 is 0 Å². The highest BCUT2D eigenvalue weighted by molar-refractivity contribution is 6.13. The first-order valence-electron chi connectivity index (χ1n) is 29.1. The minimum atomic E-state index is 1.27. The molecule has 0 unspecified atom stereocenters. The molecule has 4 nitrogen and oxygen atoms in total. The van der Waals surface area contributed by atoms with Gasteiger partial charge in [0.25, 0.3) is 0 Å². The molecule has 0 aliphatic heterocycles. The van der Waals surface area contributed by atoms with Gasteiger partial charge in [0.05, 0.1) is 5.52 Å². The van der Waals surface area contributed by atoms with Crippen LogP contribution in [0.3, 0.4) is 0 Å². The summed E-state index contributed by atoms with van der Waals surface area (Å²) in [5.41, 5.74) is 25.8. The van der Waals surface area contributed by atoms with Gasteiger partial charge in [0.2, 0.25) is 0 Å². The first-order chi connectivity index (χ1) is 41.0. The molecule has 0 atom stereocenters. The molecule has 0 N–H and O–H groups in total. The van der Waals surface area contributed by atoms with Crippen LogP contribution in [0.4, 0.5) is 0 Å². The maximum atomic E-state index is 2.32. The fourth-order valence-electron chi connectivity index (χ4n) is 12.8. The molecular formula is C80H68N4. The van der Waals surface area contributed by atoms with Gasteiger partial charge in [-0.1, -0.05) is 200 Å². The van der Waals surface area contributed by atoms with Gasteiger partial charge < -0.3 is 18.3 Å². The summed E-state index contributed by atoms with van der Waals surface area (Å²) >= 11 is 0. The van der Waals surface area contributed by atoms with Gasteiger partial charge in [-0.15, -0.1) is 0 Å². The molecule has 16 rings (SSSR count). The largest absolute Gasteiger partial charge is 0.344 e. The number of para-hydroxylation sites is 1. The van der Waals surface area contributed by atoms with Crippen molar-refractivity contribution in [2.24, 2.45) is 28.2 Å². The molecule has 4 aromatic heterocycles. The van der Waals surface area contributed by atoms with E-state index >= 15 is 0 Å². The van der Waals surface area contributed by atoms with E-state index in [-0.39, 0.29) is 0 Å². The van der Waals surface area contributed by atoms with E-state index in [1.54, 1.807) is 0 Å². The van der Waals surface area contributed by atoms with Crippen LogP contribution in [0.25, 0.3) is 132 Å². The van der Waals surface area contributed by atoms with Crippen molar-refractivity contribution in [1.82, 2.24) is 18.3 Å². The van der Waals surface area contributed by atoms with Gasteiger partial charge in [0, 0.05) is 110 Å². The van der Waals surface area contributed by atoms with E-state index in [1.807, 2.05) is 0 Å². The molecule has 12 aromatic carbocycles. The van der Waals surface area contributed by atoms with Gasteiger partial charge in [-0.3, -0.25) is 0 Å². The molecule has 0 aliphatic carbocycles. The highest BCUT2D eigenvalue weighted by Crippen LogP contribution is 2.37. The third-order valence-corrected chi connectivity index (χ3v) is 17.2. The molecule has 4 heterocycles. The van der Waals surface area contributed by atoms with Crippen molar-refractivity contribution >= 4 is 87.2 Å². The highest BCUT2D eigenvalue weighted by Gasteiger charge is 2.15. The molecule has 0 radical (unpaired) electrons. The average Bonchev–Trinajstić information content (AvgIpc) is 3.50. The van der Waals surface area contributed by atoms with Crippen molar-refractivity contribution in [1.29, 1.82) is 0 Å². The maximum Gasteiger partial charge on any atom is 0.0518 e. The zero-order chi connectivity index (χ0) is 57.6. The van der Waals surface area contributed by atoms with Crippen LogP contribution in [-0.2, 0) is 28.2 Å². The van der Waals surface area contributed by atoms with Gasteiger partial charge in [-0.05, 0) is 162 Å². The Morgan fingerprint density at radius 1 is 0.202 bits per heavy atom. The predicted octanol–water partition coefficient (Wildman–Crippen LogP) is 21.2. The Morgan fingerprint density at radius 2 is 0.560 bits per heavy atom. The molecule has 408 valence electrons. The third-order valence-electron chi connectivity index (χ3n) is 17.2. The van der Waals surface area contributed by atoms with Crippen LogP contribution in [0, 0.1) is 27.7 Å². The van der Waals surface area contributed by atoms with Crippen LogP contribution in [0.2, 0.25) is 0 Å². The maximum absolute atomic E-state index is 2.32. The second-order valence-corrected chi connectivity index (χ2v) is 22.6. The molecule has 16 aromatic rings. The number of aryl methyl sites for hydroxylation is 8. The molecular weight excluding hydrogens is 1020 g/mol. The lowest BCUT2D eigenvalue weighted by Crippen LogP contribution is -1.88. The molecule has 0 saturated carbocycles.